The summed E-state index contributed by atoms with van der Waals surface area (Å²) in [5.74, 6) is 0.0961. The fourth-order valence-corrected chi connectivity index (χ4v) is 3.33. The van der Waals surface area contributed by atoms with Crippen molar-refractivity contribution in [1.82, 2.24) is 15.5 Å². The van der Waals surface area contributed by atoms with E-state index in [2.05, 4.69) is 50.1 Å². The highest BCUT2D eigenvalue weighted by Crippen LogP contribution is 2.29. The number of fused-ring (bicyclic) bond motifs is 1. The maximum absolute atomic E-state index is 13.0. The Labute approximate surface area is 144 Å². The van der Waals surface area contributed by atoms with E-state index < -0.39 is 0 Å². The van der Waals surface area contributed by atoms with Gasteiger partial charge in [-0.3, -0.25) is 4.79 Å². The largest absolute Gasteiger partial charge is 0.347 e. The van der Waals surface area contributed by atoms with Crippen LogP contribution >= 0.6 is 0 Å². The lowest BCUT2D eigenvalue weighted by Crippen LogP contribution is -2.45. The van der Waals surface area contributed by atoms with Gasteiger partial charge >= 0.3 is 0 Å². The van der Waals surface area contributed by atoms with Crippen molar-refractivity contribution in [2.24, 2.45) is 5.41 Å². The molecule has 0 unspecified atom stereocenters. The zero-order chi connectivity index (χ0) is 18.3. The topological polar surface area (TPSA) is 68.0 Å². The van der Waals surface area contributed by atoms with Crippen molar-refractivity contribution in [2.45, 2.75) is 73.3 Å². The van der Waals surface area contributed by atoms with E-state index in [1.54, 1.807) is 0 Å². The van der Waals surface area contributed by atoms with E-state index in [9.17, 15) is 4.79 Å². The third-order valence-electron chi connectivity index (χ3n) is 3.90. The summed E-state index contributed by atoms with van der Waals surface area (Å²) in [6, 6.07) is 1.86. The molecule has 0 saturated carbocycles. The minimum absolute atomic E-state index is 0.107. The quantitative estimate of drug-likeness (QED) is 0.889. The summed E-state index contributed by atoms with van der Waals surface area (Å²) in [5.41, 5.74) is 2.35. The van der Waals surface area contributed by atoms with Gasteiger partial charge in [-0.2, -0.15) is 0 Å². The number of nitrogens with zero attached hydrogens (tertiary/aromatic N) is 2. The van der Waals surface area contributed by atoms with Crippen LogP contribution in [0.4, 0.5) is 0 Å². The molecule has 2 aromatic rings. The van der Waals surface area contributed by atoms with Gasteiger partial charge in [-0.15, -0.1) is 0 Å². The van der Waals surface area contributed by atoms with Crippen LogP contribution in [-0.2, 0) is 0 Å². The van der Waals surface area contributed by atoms with E-state index in [-0.39, 0.29) is 22.8 Å². The Bertz CT molecular complexity index is 752. The molecule has 1 N–H and O–H groups in total. The van der Waals surface area contributed by atoms with Gasteiger partial charge in [0.2, 0.25) is 0 Å². The Kier molecular flexibility index (Phi) is 4.75. The van der Waals surface area contributed by atoms with Gasteiger partial charge in [0.1, 0.15) is 0 Å². The third kappa shape index (κ3) is 4.13. The normalized spacial score (nSPS) is 12.9. The number of nitrogens with one attached hydrogen (secondary N) is 1. The molecule has 0 aliphatic rings. The van der Waals surface area contributed by atoms with Crippen LogP contribution in [0.3, 0.4) is 0 Å². The van der Waals surface area contributed by atoms with Crippen molar-refractivity contribution in [3.05, 3.63) is 23.0 Å². The highest BCUT2D eigenvalue weighted by Gasteiger charge is 2.29. The van der Waals surface area contributed by atoms with Crippen LogP contribution in [0.1, 0.15) is 82.6 Å². The van der Waals surface area contributed by atoms with Gasteiger partial charge in [-0.05, 0) is 44.6 Å². The number of aryl methyl sites for hydroxylation is 1. The van der Waals surface area contributed by atoms with E-state index in [0.717, 1.165) is 12.1 Å². The molecule has 0 bridgehead atoms. The molecule has 0 aliphatic heterocycles. The molecule has 2 aromatic heterocycles. The number of amides is 1. The molecule has 0 atom stereocenters. The van der Waals surface area contributed by atoms with Crippen LogP contribution in [0.5, 0.6) is 0 Å². The first-order chi connectivity index (χ1) is 10.9. The first-order valence-corrected chi connectivity index (χ1v) is 8.49. The average Bonchev–Trinajstić information content (AvgIpc) is 2.76. The number of hydrogen-bond acceptors (Lipinski definition) is 4. The van der Waals surface area contributed by atoms with Crippen LogP contribution in [0.25, 0.3) is 11.1 Å². The molecule has 0 saturated heterocycles. The van der Waals surface area contributed by atoms with E-state index in [1.165, 1.54) is 0 Å². The predicted molar refractivity (Wildman–Crippen MR) is 96.2 cm³/mol. The summed E-state index contributed by atoms with van der Waals surface area (Å²) in [4.78, 5) is 17.5. The first-order valence-electron chi connectivity index (χ1n) is 8.49. The standard InChI is InChI=1S/C19H29N3O2/c1-11(2)14-9-13(15-12(3)22-24-17(15)20-14)16(23)21-19(7,8)10-18(4,5)6/h9,11H,10H2,1-8H3,(H,21,23). The summed E-state index contributed by atoms with van der Waals surface area (Å²) in [5, 5.41) is 7.84. The van der Waals surface area contributed by atoms with Crippen molar-refractivity contribution in [2.75, 3.05) is 0 Å². The first kappa shape index (κ1) is 18.4. The number of hydrogen-bond donors (Lipinski definition) is 1. The van der Waals surface area contributed by atoms with Crippen LogP contribution in [-0.4, -0.2) is 21.6 Å². The molecular weight excluding hydrogens is 302 g/mol. The SMILES string of the molecule is Cc1noc2nc(C(C)C)cc(C(=O)NC(C)(C)CC(C)(C)C)c12. The molecule has 0 spiro atoms. The second kappa shape index (κ2) is 6.19. The highest BCUT2D eigenvalue weighted by molar-refractivity contribution is 6.06. The van der Waals surface area contributed by atoms with Crippen LogP contribution in [0.15, 0.2) is 10.6 Å². The lowest BCUT2D eigenvalue weighted by molar-refractivity contribution is 0.0893. The highest BCUT2D eigenvalue weighted by atomic mass is 16.5. The second-order valence-corrected chi connectivity index (χ2v) is 8.77. The van der Waals surface area contributed by atoms with Gasteiger partial charge in [0.05, 0.1) is 16.6 Å². The van der Waals surface area contributed by atoms with Crippen molar-refractivity contribution in [1.29, 1.82) is 0 Å². The van der Waals surface area contributed by atoms with Gasteiger partial charge in [0, 0.05) is 11.2 Å². The molecule has 24 heavy (non-hydrogen) atoms. The molecule has 2 rings (SSSR count). The van der Waals surface area contributed by atoms with E-state index in [0.29, 0.717) is 22.4 Å². The summed E-state index contributed by atoms with van der Waals surface area (Å²) in [7, 11) is 0. The summed E-state index contributed by atoms with van der Waals surface area (Å²) in [6.07, 6.45) is 0.875. The van der Waals surface area contributed by atoms with Crippen molar-refractivity contribution in [3.8, 4) is 0 Å². The zero-order valence-electron chi connectivity index (χ0n) is 16.1. The van der Waals surface area contributed by atoms with Gasteiger partial charge < -0.3 is 9.84 Å². The van der Waals surface area contributed by atoms with Gasteiger partial charge in [0.15, 0.2) is 0 Å². The molecule has 2 heterocycles. The van der Waals surface area contributed by atoms with Crippen molar-refractivity contribution in [3.63, 3.8) is 0 Å². The van der Waals surface area contributed by atoms with Gasteiger partial charge in [-0.1, -0.05) is 39.8 Å². The molecule has 132 valence electrons. The lowest BCUT2D eigenvalue weighted by atomic mass is 9.81. The average molecular weight is 331 g/mol. The Morgan fingerprint density at radius 3 is 2.42 bits per heavy atom. The minimum Gasteiger partial charge on any atom is -0.347 e. The smallest absolute Gasteiger partial charge is 0.259 e. The maximum Gasteiger partial charge on any atom is 0.259 e. The maximum atomic E-state index is 13.0. The Balaban J connectivity index is 2.43. The third-order valence-corrected chi connectivity index (χ3v) is 3.90. The number of carbonyl (C=O) groups is 1. The van der Waals surface area contributed by atoms with E-state index in [4.69, 9.17) is 4.52 Å². The molecule has 0 aliphatic carbocycles. The van der Waals surface area contributed by atoms with Crippen LogP contribution in [0, 0.1) is 12.3 Å². The molecule has 5 heteroatoms. The minimum atomic E-state index is -0.312. The van der Waals surface area contributed by atoms with Gasteiger partial charge in [0.25, 0.3) is 11.6 Å². The molecule has 1 amide bonds. The number of pyridine rings is 1. The number of carbonyl (C=O) groups excluding carboxylic acids is 1. The number of rotatable bonds is 4. The molecule has 5 nitrogen and oxygen atoms in total. The lowest BCUT2D eigenvalue weighted by Gasteiger charge is -2.33. The second-order valence-electron chi connectivity index (χ2n) is 8.77. The molecular formula is C19H29N3O2. The van der Waals surface area contributed by atoms with Crippen molar-refractivity contribution >= 4 is 17.0 Å². The zero-order valence-corrected chi connectivity index (χ0v) is 16.1. The fourth-order valence-electron chi connectivity index (χ4n) is 3.33. The Morgan fingerprint density at radius 1 is 1.25 bits per heavy atom. The van der Waals surface area contributed by atoms with Crippen molar-refractivity contribution < 1.29 is 9.32 Å². The van der Waals surface area contributed by atoms with Gasteiger partial charge in [-0.25, -0.2) is 4.98 Å². The molecule has 0 radical (unpaired) electrons. The molecule has 0 fully saturated rings. The number of aromatic nitrogens is 2. The van der Waals surface area contributed by atoms with E-state index in [1.807, 2.05) is 26.8 Å². The summed E-state index contributed by atoms with van der Waals surface area (Å²) in [6.45, 7) is 16.5. The monoisotopic (exact) mass is 331 g/mol. The van der Waals surface area contributed by atoms with Crippen LogP contribution < -0.4 is 5.32 Å². The fraction of sp³-hybridized carbons (Fsp3) is 0.632. The van der Waals surface area contributed by atoms with Crippen LogP contribution in [0.2, 0.25) is 0 Å². The van der Waals surface area contributed by atoms with E-state index >= 15 is 0 Å². The molecule has 0 aromatic carbocycles. The summed E-state index contributed by atoms with van der Waals surface area (Å²) < 4.78 is 5.30. The Hall–Kier alpha value is -1.91. The summed E-state index contributed by atoms with van der Waals surface area (Å²) >= 11 is 0. The predicted octanol–water partition coefficient (Wildman–Crippen LogP) is 4.60. The Morgan fingerprint density at radius 2 is 1.88 bits per heavy atom.